The molecule has 0 saturated carbocycles. The number of aliphatic hydroxyl groups excluding tert-OH is 1. The summed E-state index contributed by atoms with van der Waals surface area (Å²) < 4.78 is 6.83. The normalized spacial score (nSPS) is 14.2. The van der Waals surface area contributed by atoms with Crippen LogP contribution in [0.3, 0.4) is 0 Å². The Morgan fingerprint density at radius 3 is 1.93 bits per heavy atom. The first-order valence-corrected chi connectivity index (χ1v) is 13.2. The molecule has 4 heteroatoms. The molecule has 2 nitrogen and oxygen atoms in total. The van der Waals surface area contributed by atoms with Crippen LogP contribution in [0.1, 0.15) is 20.8 Å². The Labute approximate surface area is 181 Å². The zero-order valence-corrected chi connectivity index (χ0v) is 19.7. The van der Waals surface area contributed by atoms with Crippen molar-refractivity contribution in [3.05, 3.63) is 86.0 Å². The van der Waals surface area contributed by atoms with Crippen molar-refractivity contribution in [2.75, 3.05) is 18.1 Å². The van der Waals surface area contributed by atoms with E-state index in [1.165, 1.54) is 10.4 Å². The van der Waals surface area contributed by atoms with Crippen molar-refractivity contribution >= 4 is 30.5 Å². The summed E-state index contributed by atoms with van der Waals surface area (Å²) in [5.74, 6) is 1.66. The minimum atomic E-state index is -2.63. The molecule has 2 atom stereocenters. The van der Waals surface area contributed by atoms with E-state index < -0.39 is 14.4 Å². The van der Waals surface area contributed by atoms with Crippen LogP contribution in [0.4, 0.5) is 0 Å². The molecule has 1 N–H and O–H groups in total. The van der Waals surface area contributed by atoms with Crippen LogP contribution >= 0.6 is 11.8 Å². The van der Waals surface area contributed by atoms with Gasteiger partial charge < -0.3 is 9.53 Å². The number of thioether (sulfide) groups is 1. The topological polar surface area (TPSA) is 29.5 Å². The number of benzene rings is 2. The monoisotopic (exact) mass is 426 g/mol. The van der Waals surface area contributed by atoms with Crippen LogP contribution in [-0.4, -0.2) is 37.6 Å². The summed E-state index contributed by atoms with van der Waals surface area (Å²) in [7, 11) is -2.63. The molecule has 0 saturated heterocycles. The largest absolute Gasteiger partial charge is 0.405 e. The van der Waals surface area contributed by atoms with Crippen molar-refractivity contribution in [1.82, 2.24) is 0 Å². The standard InChI is InChI=1S/C25H34O2SSi/c1-6-18-28-20-21(7-2)24(26)19-27-29(25(3,4)5,22-14-10-8-11-15-22)23-16-12-9-13-17-23/h6-17,21,24,26H,1-2,18-20H2,3-5H3/t21-,24-/m0/s1. The second-order valence-electron chi connectivity index (χ2n) is 8.27. The van der Waals surface area contributed by atoms with Crippen LogP contribution in [0.2, 0.25) is 5.04 Å². The molecule has 156 valence electrons. The van der Waals surface area contributed by atoms with Gasteiger partial charge in [0.25, 0.3) is 8.32 Å². The van der Waals surface area contributed by atoms with Gasteiger partial charge in [0.05, 0.1) is 12.7 Å². The molecule has 0 aromatic heterocycles. The molecule has 2 rings (SSSR count). The third-order valence-corrected chi connectivity index (χ3v) is 11.3. The molecule has 2 aromatic rings. The van der Waals surface area contributed by atoms with Crippen molar-refractivity contribution in [2.45, 2.75) is 31.9 Å². The number of hydrogen-bond donors (Lipinski definition) is 1. The van der Waals surface area contributed by atoms with Gasteiger partial charge in [-0.2, -0.15) is 11.8 Å². The number of rotatable bonds is 11. The van der Waals surface area contributed by atoms with Crippen molar-refractivity contribution in [2.24, 2.45) is 5.92 Å². The van der Waals surface area contributed by atoms with Crippen LogP contribution in [0, 0.1) is 5.92 Å². The second kappa shape index (κ2) is 11.0. The third-order valence-electron chi connectivity index (χ3n) is 5.23. The maximum Gasteiger partial charge on any atom is 0.261 e. The summed E-state index contributed by atoms with van der Waals surface area (Å²) in [5.41, 5.74) is 0. The fourth-order valence-corrected chi connectivity index (χ4v) is 9.23. The number of hydrogen-bond acceptors (Lipinski definition) is 3. The summed E-state index contributed by atoms with van der Waals surface area (Å²) in [6.45, 7) is 14.7. The van der Waals surface area contributed by atoms with Gasteiger partial charge in [-0.05, 0) is 15.4 Å². The minimum absolute atomic E-state index is 0.0156. The highest BCUT2D eigenvalue weighted by molar-refractivity contribution is 7.99. The highest BCUT2D eigenvalue weighted by Gasteiger charge is 2.50. The highest BCUT2D eigenvalue weighted by Crippen LogP contribution is 2.37. The minimum Gasteiger partial charge on any atom is -0.405 e. The van der Waals surface area contributed by atoms with Crippen LogP contribution in [0.15, 0.2) is 86.0 Å². The Morgan fingerprint density at radius 2 is 1.52 bits per heavy atom. The molecule has 0 aliphatic heterocycles. The van der Waals surface area contributed by atoms with Crippen molar-refractivity contribution in [3.8, 4) is 0 Å². The summed E-state index contributed by atoms with van der Waals surface area (Å²) in [5, 5.41) is 13.3. The van der Waals surface area contributed by atoms with Crippen LogP contribution in [0.25, 0.3) is 0 Å². The van der Waals surface area contributed by atoms with Gasteiger partial charge in [0.1, 0.15) is 0 Å². The van der Waals surface area contributed by atoms with Gasteiger partial charge >= 0.3 is 0 Å². The van der Waals surface area contributed by atoms with Crippen molar-refractivity contribution in [3.63, 3.8) is 0 Å². The molecule has 0 unspecified atom stereocenters. The Kier molecular flexibility index (Phi) is 8.96. The summed E-state index contributed by atoms with van der Waals surface area (Å²) >= 11 is 1.75. The zero-order valence-electron chi connectivity index (χ0n) is 17.9. The summed E-state index contributed by atoms with van der Waals surface area (Å²) in [6, 6.07) is 21.0. The quantitative estimate of drug-likeness (QED) is 0.322. The molecule has 0 spiro atoms. The van der Waals surface area contributed by atoms with Gasteiger partial charge in [-0.25, -0.2) is 0 Å². The molecular weight excluding hydrogens is 392 g/mol. The van der Waals surface area contributed by atoms with Gasteiger partial charge in [0, 0.05) is 17.4 Å². The van der Waals surface area contributed by atoms with Gasteiger partial charge in [0.2, 0.25) is 0 Å². The lowest BCUT2D eigenvalue weighted by Gasteiger charge is -2.43. The first-order chi connectivity index (χ1) is 13.9. The maximum absolute atomic E-state index is 10.9. The Morgan fingerprint density at radius 1 is 1.00 bits per heavy atom. The van der Waals surface area contributed by atoms with Gasteiger partial charge in [-0.3, -0.25) is 0 Å². The van der Waals surface area contributed by atoms with Gasteiger partial charge in [-0.15, -0.1) is 13.2 Å². The second-order valence-corrected chi connectivity index (χ2v) is 13.6. The van der Waals surface area contributed by atoms with Gasteiger partial charge in [0.15, 0.2) is 0 Å². The fourth-order valence-electron chi connectivity index (χ4n) is 3.72. The Bertz CT molecular complexity index is 716. The Hall–Kier alpha value is -1.59. The average Bonchev–Trinajstić information content (AvgIpc) is 2.72. The molecule has 0 radical (unpaired) electrons. The van der Waals surface area contributed by atoms with E-state index in [1.54, 1.807) is 11.8 Å². The Balaban J connectivity index is 2.38. The molecule has 2 aromatic carbocycles. The van der Waals surface area contributed by atoms with Crippen molar-refractivity contribution < 1.29 is 9.53 Å². The first kappa shape index (κ1) is 23.7. The van der Waals surface area contributed by atoms with E-state index in [9.17, 15) is 5.11 Å². The van der Waals surface area contributed by atoms with E-state index >= 15 is 0 Å². The average molecular weight is 427 g/mol. The van der Waals surface area contributed by atoms with E-state index in [0.717, 1.165) is 11.5 Å². The van der Waals surface area contributed by atoms with E-state index in [-0.39, 0.29) is 11.0 Å². The SMILES string of the molecule is C=CCSC[C@H](C=C)[C@@H](O)CO[Si](c1ccccc1)(c1ccccc1)C(C)(C)C. The highest BCUT2D eigenvalue weighted by atomic mass is 32.2. The lowest BCUT2D eigenvalue weighted by atomic mass is 10.1. The molecule has 0 heterocycles. The van der Waals surface area contributed by atoms with Crippen LogP contribution in [0.5, 0.6) is 0 Å². The van der Waals surface area contributed by atoms with Gasteiger partial charge in [-0.1, -0.05) is 93.6 Å². The van der Waals surface area contributed by atoms with E-state index in [2.05, 4.69) is 82.5 Å². The lowest BCUT2D eigenvalue weighted by molar-refractivity contribution is 0.0765. The molecule has 0 bridgehead atoms. The van der Waals surface area contributed by atoms with Crippen molar-refractivity contribution in [1.29, 1.82) is 0 Å². The van der Waals surface area contributed by atoms with E-state index in [0.29, 0.717) is 6.61 Å². The number of aliphatic hydroxyl groups is 1. The predicted octanol–water partition coefficient (Wildman–Crippen LogP) is 4.65. The lowest BCUT2D eigenvalue weighted by Crippen LogP contribution is -2.67. The van der Waals surface area contributed by atoms with Crippen LogP contribution in [-0.2, 0) is 4.43 Å². The molecule has 0 aliphatic carbocycles. The first-order valence-electron chi connectivity index (χ1n) is 10.1. The van der Waals surface area contributed by atoms with Crippen LogP contribution < -0.4 is 10.4 Å². The maximum atomic E-state index is 10.9. The third kappa shape index (κ3) is 5.73. The van der Waals surface area contributed by atoms with E-state index in [4.69, 9.17) is 4.43 Å². The van der Waals surface area contributed by atoms with E-state index in [1.807, 2.05) is 24.3 Å². The molecule has 29 heavy (non-hydrogen) atoms. The fraction of sp³-hybridized carbons (Fsp3) is 0.360. The molecule has 0 fully saturated rings. The molecular formula is C25H34O2SSi. The summed E-state index contributed by atoms with van der Waals surface area (Å²) in [4.78, 5) is 0. The predicted molar refractivity (Wildman–Crippen MR) is 131 cm³/mol. The summed E-state index contributed by atoms with van der Waals surface area (Å²) in [6.07, 6.45) is 3.14. The molecule has 0 aliphatic rings. The smallest absolute Gasteiger partial charge is 0.261 e. The zero-order chi connectivity index (χ0) is 21.3. The molecule has 0 amide bonds.